The van der Waals surface area contributed by atoms with Gasteiger partial charge in [-0.2, -0.15) is 0 Å². The molecule has 0 aromatic carbocycles. The molecule has 21 heavy (non-hydrogen) atoms. The van der Waals surface area contributed by atoms with Gasteiger partial charge in [-0.3, -0.25) is 0 Å². The van der Waals surface area contributed by atoms with Gasteiger partial charge in [0, 0.05) is 6.54 Å². The second-order valence-corrected chi connectivity index (χ2v) is 6.41. The second kappa shape index (κ2) is 8.22. The Kier molecular flexibility index (Phi) is 6.95. The van der Waals surface area contributed by atoms with Gasteiger partial charge in [0.1, 0.15) is 11.6 Å². The van der Waals surface area contributed by atoms with Crippen molar-refractivity contribution in [1.82, 2.24) is 10.2 Å². The van der Waals surface area contributed by atoms with E-state index in [1.165, 1.54) is 26.4 Å². The Morgan fingerprint density at radius 2 is 1.81 bits per heavy atom. The minimum atomic E-state index is -0.660. The summed E-state index contributed by atoms with van der Waals surface area (Å²) in [5.41, 5.74) is -0.586. The zero-order valence-electron chi connectivity index (χ0n) is 13.6. The number of alkyl carbamates (subject to hydrolysis) is 1. The second-order valence-electron chi connectivity index (χ2n) is 6.41. The number of rotatable bonds is 5. The lowest BCUT2D eigenvalue weighted by Gasteiger charge is -2.28. The van der Waals surface area contributed by atoms with Crippen molar-refractivity contribution in [3.05, 3.63) is 0 Å². The lowest BCUT2D eigenvalue weighted by atomic mass is 10.1. The fourth-order valence-electron chi connectivity index (χ4n) is 2.34. The fraction of sp³-hybridized carbons (Fsp3) is 0.867. The van der Waals surface area contributed by atoms with Crippen LogP contribution in [0.4, 0.5) is 4.79 Å². The van der Waals surface area contributed by atoms with Gasteiger partial charge in [-0.1, -0.05) is 6.42 Å². The maximum atomic E-state index is 11.8. The van der Waals surface area contributed by atoms with Gasteiger partial charge in [-0.25, -0.2) is 9.59 Å². The zero-order valence-corrected chi connectivity index (χ0v) is 13.6. The first kappa shape index (κ1) is 17.8. The number of carbonyl (C=O) groups excluding carboxylic acids is 2. The highest BCUT2D eigenvalue weighted by Crippen LogP contribution is 2.11. The molecule has 1 amide bonds. The van der Waals surface area contributed by atoms with E-state index in [9.17, 15) is 9.59 Å². The summed E-state index contributed by atoms with van der Waals surface area (Å²) in [6, 6.07) is -0.660. The van der Waals surface area contributed by atoms with Gasteiger partial charge < -0.3 is 19.7 Å². The van der Waals surface area contributed by atoms with E-state index in [0.29, 0.717) is 6.42 Å². The van der Waals surface area contributed by atoms with Crippen LogP contribution in [0.5, 0.6) is 0 Å². The van der Waals surface area contributed by atoms with Crippen molar-refractivity contribution < 1.29 is 19.1 Å². The molecule has 6 heteroatoms. The maximum absolute atomic E-state index is 11.8. The molecule has 0 spiro atoms. The highest BCUT2D eigenvalue weighted by molar-refractivity contribution is 5.81. The summed E-state index contributed by atoms with van der Waals surface area (Å²) in [6.07, 6.45) is 3.61. The summed E-state index contributed by atoms with van der Waals surface area (Å²) in [6.45, 7) is 8.24. The third-order valence-electron chi connectivity index (χ3n) is 3.36. The lowest BCUT2D eigenvalue weighted by Crippen LogP contribution is -2.46. The molecule has 0 aromatic heterocycles. The summed E-state index contributed by atoms with van der Waals surface area (Å²) in [5.74, 6) is -0.433. The van der Waals surface area contributed by atoms with Crippen molar-refractivity contribution in [3.63, 3.8) is 0 Å². The predicted octanol–water partition coefficient (Wildman–Crippen LogP) is 1.93. The molecule has 0 aliphatic carbocycles. The molecular weight excluding hydrogens is 272 g/mol. The van der Waals surface area contributed by atoms with Crippen LogP contribution in [0.15, 0.2) is 0 Å². The Balaban J connectivity index is 2.47. The zero-order chi connectivity index (χ0) is 15.9. The number of piperidine rings is 1. The van der Waals surface area contributed by atoms with Crippen LogP contribution in [0.3, 0.4) is 0 Å². The molecule has 1 N–H and O–H groups in total. The van der Waals surface area contributed by atoms with Crippen LogP contribution in [0.25, 0.3) is 0 Å². The molecule has 1 unspecified atom stereocenters. The third-order valence-corrected chi connectivity index (χ3v) is 3.36. The van der Waals surface area contributed by atoms with Crippen molar-refractivity contribution in [3.8, 4) is 0 Å². The number of hydrogen-bond donors (Lipinski definition) is 1. The van der Waals surface area contributed by atoms with E-state index in [-0.39, 0.29) is 0 Å². The van der Waals surface area contributed by atoms with E-state index in [1.54, 1.807) is 20.8 Å². The van der Waals surface area contributed by atoms with E-state index in [2.05, 4.69) is 10.2 Å². The number of nitrogens with one attached hydrogen (secondary N) is 1. The van der Waals surface area contributed by atoms with E-state index >= 15 is 0 Å². The number of likely N-dealkylation sites (tertiary alicyclic amines) is 1. The molecule has 122 valence electrons. The molecular formula is C15H28N2O4. The van der Waals surface area contributed by atoms with Gasteiger partial charge in [0.2, 0.25) is 0 Å². The van der Waals surface area contributed by atoms with E-state index in [0.717, 1.165) is 19.6 Å². The van der Waals surface area contributed by atoms with Crippen molar-refractivity contribution in [2.75, 3.05) is 26.7 Å². The summed E-state index contributed by atoms with van der Waals surface area (Å²) < 4.78 is 9.94. The smallest absolute Gasteiger partial charge is 0.408 e. The van der Waals surface area contributed by atoms with Crippen LogP contribution < -0.4 is 5.32 Å². The molecule has 1 aliphatic heterocycles. The van der Waals surface area contributed by atoms with E-state index < -0.39 is 23.7 Å². The van der Waals surface area contributed by atoms with Gasteiger partial charge in [-0.05, 0) is 53.1 Å². The fourth-order valence-corrected chi connectivity index (χ4v) is 2.34. The van der Waals surface area contributed by atoms with Crippen molar-refractivity contribution in [2.45, 2.75) is 58.1 Å². The van der Waals surface area contributed by atoms with Gasteiger partial charge in [0.05, 0.1) is 7.11 Å². The van der Waals surface area contributed by atoms with Crippen LogP contribution >= 0.6 is 0 Å². The topological polar surface area (TPSA) is 67.9 Å². The average Bonchev–Trinajstić information content (AvgIpc) is 2.41. The van der Waals surface area contributed by atoms with Crippen LogP contribution in [-0.4, -0.2) is 55.3 Å². The largest absolute Gasteiger partial charge is 0.467 e. The molecule has 0 bridgehead atoms. The molecule has 1 saturated heterocycles. The predicted molar refractivity (Wildman–Crippen MR) is 80.1 cm³/mol. The van der Waals surface area contributed by atoms with E-state index in [4.69, 9.17) is 9.47 Å². The Morgan fingerprint density at radius 1 is 1.19 bits per heavy atom. The highest BCUT2D eigenvalue weighted by atomic mass is 16.6. The van der Waals surface area contributed by atoms with Crippen LogP contribution in [0.1, 0.15) is 46.5 Å². The summed E-state index contributed by atoms with van der Waals surface area (Å²) in [5, 5.41) is 2.60. The molecule has 1 aliphatic rings. The van der Waals surface area contributed by atoms with Crippen LogP contribution in [0, 0.1) is 0 Å². The molecule has 1 atom stereocenters. The van der Waals surface area contributed by atoms with Crippen molar-refractivity contribution >= 4 is 12.1 Å². The molecule has 1 fully saturated rings. The van der Waals surface area contributed by atoms with E-state index in [1.807, 2.05) is 0 Å². The molecule has 6 nitrogen and oxygen atoms in total. The number of esters is 1. The number of carbonyl (C=O) groups is 2. The van der Waals surface area contributed by atoms with Gasteiger partial charge >= 0.3 is 12.1 Å². The Labute approximate surface area is 127 Å². The molecule has 1 heterocycles. The minimum absolute atomic E-state index is 0.433. The number of ether oxygens (including phenoxy) is 2. The summed E-state index contributed by atoms with van der Waals surface area (Å²) in [4.78, 5) is 25.9. The number of nitrogens with zero attached hydrogens (tertiary/aromatic N) is 1. The van der Waals surface area contributed by atoms with Crippen molar-refractivity contribution in [1.29, 1.82) is 0 Å². The average molecular weight is 300 g/mol. The SMILES string of the molecule is COC(=O)C(CCN1CCCCC1)NC(=O)OC(C)(C)C. The Morgan fingerprint density at radius 3 is 2.33 bits per heavy atom. The minimum Gasteiger partial charge on any atom is -0.467 e. The summed E-state index contributed by atoms with van der Waals surface area (Å²) in [7, 11) is 1.33. The third kappa shape index (κ3) is 7.32. The standard InChI is InChI=1S/C15H28N2O4/c1-15(2,3)21-14(19)16-12(13(18)20-4)8-11-17-9-6-5-7-10-17/h12H,5-11H2,1-4H3,(H,16,19). The first-order chi connectivity index (χ1) is 9.81. The first-order valence-corrected chi connectivity index (χ1v) is 7.61. The molecule has 0 saturated carbocycles. The monoisotopic (exact) mass is 300 g/mol. The molecule has 0 aromatic rings. The number of methoxy groups -OCH3 is 1. The maximum Gasteiger partial charge on any atom is 0.408 e. The van der Waals surface area contributed by atoms with Gasteiger partial charge in [-0.15, -0.1) is 0 Å². The Hall–Kier alpha value is -1.30. The van der Waals surface area contributed by atoms with Crippen LogP contribution in [0.2, 0.25) is 0 Å². The molecule has 0 radical (unpaired) electrons. The van der Waals surface area contributed by atoms with Gasteiger partial charge in [0.15, 0.2) is 0 Å². The summed E-state index contributed by atoms with van der Waals surface area (Å²) >= 11 is 0. The first-order valence-electron chi connectivity index (χ1n) is 7.61. The normalized spacial score (nSPS) is 17.9. The van der Waals surface area contributed by atoms with Crippen molar-refractivity contribution in [2.24, 2.45) is 0 Å². The van der Waals surface area contributed by atoms with Gasteiger partial charge in [0.25, 0.3) is 0 Å². The number of amides is 1. The highest BCUT2D eigenvalue weighted by Gasteiger charge is 2.25. The lowest BCUT2D eigenvalue weighted by molar-refractivity contribution is -0.143. The van der Waals surface area contributed by atoms with Crippen LogP contribution in [-0.2, 0) is 14.3 Å². The molecule has 1 rings (SSSR count). The Bertz CT molecular complexity index is 346. The number of hydrogen-bond acceptors (Lipinski definition) is 5. The quantitative estimate of drug-likeness (QED) is 0.786.